The lowest BCUT2D eigenvalue weighted by atomic mass is 10.2. The van der Waals surface area contributed by atoms with E-state index < -0.39 is 16.1 Å². The van der Waals surface area contributed by atoms with E-state index in [2.05, 4.69) is 145 Å². The van der Waals surface area contributed by atoms with E-state index in [1.54, 1.807) is 0 Å². The van der Waals surface area contributed by atoms with Crippen molar-refractivity contribution in [3.8, 4) is 0 Å². The van der Waals surface area contributed by atoms with Crippen molar-refractivity contribution in [3.05, 3.63) is 48.5 Å². The molecule has 0 amide bonds. The summed E-state index contributed by atoms with van der Waals surface area (Å²) in [5, 5.41) is 3.00. The molecule has 0 saturated heterocycles. The first-order chi connectivity index (χ1) is 17.7. The summed E-state index contributed by atoms with van der Waals surface area (Å²) in [6.45, 7) is 33.4. The van der Waals surface area contributed by atoms with Crippen LogP contribution < -0.4 is 10.4 Å². The first-order valence-corrected chi connectivity index (χ1v) is 19.4. The van der Waals surface area contributed by atoms with Gasteiger partial charge in [-0.2, -0.15) is 0 Å². The van der Waals surface area contributed by atoms with Crippen molar-refractivity contribution >= 4 is 49.3 Å². The maximum absolute atomic E-state index is 5.30. The molecule has 0 radical (unpaired) electrons. The third-order valence-electron chi connectivity index (χ3n) is 9.57. The third kappa shape index (κ3) is 5.87. The van der Waals surface area contributed by atoms with Gasteiger partial charge in [-0.05, 0) is 69.6 Å². The molecule has 0 spiro atoms. The Morgan fingerprint density at radius 3 is 0.921 bits per heavy atom. The summed E-state index contributed by atoms with van der Waals surface area (Å²) in [7, 11) is -3.67. The summed E-state index contributed by atoms with van der Waals surface area (Å²) in [6, 6.07) is 17.9. The quantitative estimate of drug-likeness (QED) is 0.197. The first kappa shape index (κ1) is 32.4. The molecule has 2 nitrogen and oxygen atoms in total. The van der Waals surface area contributed by atoms with Crippen LogP contribution in [0.2, 0.25) is 33.2 Å². The summed E-state index contributed by atoms with van der Waals surface area (Å²) in [4.78, 5) is 10.6. The number of benzene rings is 2. The number of hydrogen-bond donors (Lipinski definition) is 0. The van der Waals surface area contributed by atoms with Crippen LogP contribution in [-0.2, 0) is 0 Å². The van der Waals surface area contributed by atoms with Gasteiger partial charge in [-0.3, -0.25) is 9.98 Å². The SMILES string of the molecule is CC(=Nc1ccccc1[Si](C(C)C)(C(C)C)C(C)C)C(C)=Nc1ccccc1[Si](C(C)C)(C(C)C)C(C)C. The fourth-order valence-electron chi connectivity index (χ4n) is 8.26. The van der Waals surface area contributed by atoms with E-state index in [4.69, 9.17) is 9.98 Å². The van der Waals surface area contributed by atoms with E-state index >= 15 is 0 Å². The number of hydrogen-bond acceptors (Lipinski definition) is 2. The highest BCUT2D eigenvalue weighted by atomic mass is 28.3. The van der Waals surface area contributed by atoms with Crippen molar-refractivity contribution in [1.29, 1.82) is 0 Å². The Bertz CT molecular complexity index is 990. The standard InChI is InChI=1S/C34H56N2Si2/c1-23(2)37(24(3)4,25(5)6)33-21-17-15-19-31(33)35-29(13)30(14)36-32-20-16-18-22-34(32)38(26(7)8,27(9)10)28(11)12/h15-28H,1-14H3. The Morgan fingerprint density at radius 1 is 0.447 bits per heavy atom. The van der Waals surface area contributed by atoms with Crippen molar-refractivity contribution in [3.63, 3.8) is 0 Å². The van der Waals surface area contributed by atoms with Crippen LogP contribution in [0.5, 0.6) is 0 Å². The van der Waals surface area contributed by atoms with Gasteiger partial charge in [-0.1, -0.05) is 119 Å². The minimum absolute atomic E-state index is 0.641. The minimum atomic E-state index is -1.84. The van der Waals surface area contributed by atoms with Crippen LogP contribution in [-0.4, -0.2) is 27.6 Å². The van der Waals surface area contributed by atoms with Crippen molar-refractivity contribution in [1.82, 2.24) is 0 Å². The Labute approximate surface area is 237 Å². The van der Waals surface area contributed by atoms with Crippen molar-refractivity contribution in [2.75, 3.05) is 0 Å². The Hall–Kier alpha value is -1.79. The van der Waals surface area contributed by atoms with Crippen LogP contribution in [0.15, 0.2) is 58.5 Å². The van der Waals surface area contributed by atoms with E-state index in [0.29, 0.717) is 33.2 Å². The van der Waals surface area contributed by atoms with Crippen LogP contribution in [0.4, 0.5) is 11.4 Å². The van der Waals surface area contributed by atoms with Gasteiger partial charge >= 0.3 is 0 Å². The maximum atomic E-state index is 5.30. The molecule has 0 aliphatic heterocycles. The normalized spacial score (nSPS) is 14.2. The van der Waals surface area contributed by atoms with E-state index in [0.717, 1.165) is 22.8 Å². The molecule has 0 aliphatic carbocycles. The molecule has 0 fully saturated rings. The van der Waals surface area contributed by atoms with Crippen LogP contribution in [0, 0.1) is 0 Å². The highest BCUT2D eigenvalue weighted by Gasteiger charge is 2.46. The summed E-state index contributed by atoms with van der Waals surface area (Å²) in [6.07, 6.45) is 0. The zero-order chi connectivity index (χ0) is 29.0. The summed E-state index contributed by atoms with van der Waals surface area (Å²) in [5.41, 5.74) is 8.16. The Morgan fingerprint density at radius 2 is 0.684 bits per heavy atom. The van der Waals surface area contributed by atoms with Gasteiger partial charge in [0.1, 0.15) is 0 Å². The van der Waals surface area contributed by atoms with Crippen LogP contribution in [0.1, 0.15) is 96.9 Å². The molecule has 2 aromatic rings. The van der Waals surface area contributed by atoms with Gasteiger partial charge in [0.2, 0.25) is 0 Å². The second-order valence-corrected chi connectivity index (χ2v) is 25.0. The summed E-state index contributed by atoms with van der Waals surface area (Å²) >= 11 is 0. The zero-order valence-electron chi connectivity index (χ0n) is 27.0. The number of aliphatic imine (C=N–C) groups is 2. The van der Waals surface area contributed by atoms with Crippen LogP contribution in [0.25, 0.3) is 0 Å². The monoisotopic (exact) mass is 548 g/mol. The van der Waals surface area contributed by atoms with Crippen molar-refractivity contribution in [2.24, 2.45) is 9.98 Å². The zero-order valence-corrected chi connectivity index (χ0v) is 29.0. The van der Waals surface area contributed by atoms with Gasteiger partial charge in [0.15, 0.2) is 0 Å². The number of nitrogens with zero attached hydrogens (tertiary/aromatic N) is 2. The van der Waals surface area contributed by atoms with Gasteiger partial charge in [0, 0.05) is 0 Å². The van der Waals surface area contributed by atoms with Crippen LogP contribution in [0.3, 0.4) is 0 Å². The van der Waals surface area contributed by atoms with E-state index in [9.17, 15) is 0 Å². The second kappa shape index (κ2) is 13.0. The van der Waals surface area contributed by atoms with Crippen molar-refractivity contribution < 1.29 is 0 Å². The predicted molar refractivity (Wildman–Crippen MR) is 180 cm³/mol. The molecular weight excluding hydrogens is 493 g/mol. The molecule has 0 N–H and O–H groups in total. The fourth-order valence-corrected chi connectivity index (χ4v) is 21.9. The maximum Gasteiger partial charge on any atom is 0.0970 e. The average Bonchev–Trinajstić information content (AvgIpc) is 2.80. The topological polar surface area (TPSA) is 24.7 Å². The molecule has 210 valence electrons. The van der Waals surface area contributed by atoms with Gasteiger partial charge in [-0.15, -0.1) is 0 Å². The molecule has 0 atom stereocenters. The third-order valence-corrected chi connectivity index (χ3v) is 23.7. The molecule has 0 heterocycles. The fraction of sp³-hybridized carbons (Fsp3) is 0.588. The number of rotatable bonds is 11. The second-order valence-electron chi connectivity index (χ2n) is 13.2. The molecule has 4 heteroatoms. The highest BCUT2D eigenvalue weighted by molar-refractivity contribution is 6.96. The first-order valence-electron chi connectivity index (χ1n) is 15.0. The van der Waals surface area contributed by atoms with E-state index in [-0.39, 0.29) is 0 Å². The predicted octanol–water partition coefficient (Wildman–Crippen LogP) is 10.3. The molecular formula is C34H56N2Si2. The van der Waals surface area contributed by atoms with Gasteiger partial charge in [-0.25, -0.2) is 0 Å². The van der Waals surface area contributed by atoms with Crippen molar-refractivity contribution in [2.45, 2.75) is 130 Å². The molecule has 0 unspecified atom stereocenters. The lowest BCUT2D eigenvalue weighted by Gasteiger charge is -2.44. The molecule has 0 aromatic heterocycles. The molecule has 38 heavy (non-hydrogen) atoms. The summed E-state index contributed by atoms with van der Waals surface area (Å²) in [5.74, 6) is 0. The average molecular weight is 549 g/mol. The van der Waals surface area contributed by atoms with Gasteiger partial charge < -0.3 is 0 Å². The molecule has 2 rings (SSSR count). The Kier molecular flexibility index (Phi) is 11.1. The number of para-hydroxylation sites is 2. The lowest BCUT2D eigenvalue weighted by molar-refractivity contribution is 0.835. The minimum Gasteiger partial charge on any atom is -0.252 e. The molecule has 0 saturated carbocycles. The Balaban J connectivity index is 2.72. The lowest BCUT2D eigenvalue weighted by Crippen LogP contribution is -2.55. The van der Waals surface area contributed by atoms with Gasteiger partial charge in [0.05, 0.1) is 38.9 Å². The highest BCUT2D eigenvalue weighted by Crippen LogP contribution is 2.44. The summed E-state index contributed by atoms with van der Waals surface area (Å²) < 4.78 is 0. The molecule has 2 aromatic carbocycles. The molecule has 0 aliphatic rings. The van der Waals surface area contributed by atoms with E-state index in [1.165, 1.54) is 10.4 Å². The van der Waals surface area contributed by atoms with Crippen LogP contribution >= 0.6 is 0 Å². The molecule has 0 bridgehead atoms. The largest absolute Gasteiger partial charge is 0.252 e. The van der Waals surface area contributed by atoms with Gasteiger partial charge in [0.25, 0.3) is 0 Å². The smallest absolute Gasteiger partial charge is 0.0970 e. The van der Waals surface area contributed by atoms with E-state index in [1.807, 2.05) is 0 Å².